The molecule has 3 aliphatic rings. The number of alkyl halides is 2. The van der Waals surface area contributed by atoms with E-state index in [1.165, 1.54) is 29.9 Å². The zero-order chi connectivity index (χ0) is 27.5. The van der Waals surface area contributed by atoms with Crippen molar-refractivity contribution in [2.75, 3.05) is 6.54 Å². The van der Waals surface area contributed by atoms with Crippen LogP contribution in [0, 0.1) is 17.7 Å². The number of carbonyl (C=O) groups is 3. The van der Waals surface area contributed by atoms with Crippen LogP contribution in [0.2, 0.25) is 0 Å². The molecule has 1 saturated heterocycles. The van der Waals surface area contributed by atoms with E-state index in [4.69, 9.17) is 27.9 Å². The Hall–Kier alpha value is -3.24. The molecule has 6 rings (SSSR count). The number of nitrogens with zero attached hydrogens (tertiary/aromatic N) is 4. The predicted molar refractivity (Wildman–Crippen MR) is 141 cm³/mol. The average molecular weight is 574 g/mol. The van der Waals surface area contributed by atoms with Gasteiger partial charge in [0.05, 0.1) is 5.52 Å². The quantitative estimate of drug-likeness (QED) is 0.309. The number of piperidine rings is 1. The lowest BCUT2D eigenvalue weighted by Crippen LogP contribution is -2.49. The lowest BCUT2D eigenvalue weighted by atomic mass is 10.1. The maximum Gasteiger partial charge on any atom is 0.245 e. The number of aromatic nitrogens is 3. The van der Waals surface area contributed by atoms with Gasteiger partial charge < -0.3 is 15.0 Å². The molecule has 204 valence electrons. The second-order valence-electron chi connectivity index (χ2n) is 10.5. The number of benzene rings is 1. The third-order valence-corrected chi connectivity index (χ3v) is 8.65. The van der Waals surface area contributed by atoms with Gasteiger partial charge in [-0.15, -0.1) is 23.2 Å². The third-order valence-electron chi connectivity index (χ3n) is 7.72. The van der Waals surface area contributed by atoms with Crippen LogP contribution in [0.1, 0.15) is 42.4 Å². The first-order valence-corrected chi connectivity index (χ1v) is 13.6. The largest absolute Gasteiger partial charge is 0.487 e. The Morgan fingerprint density at radius 3 is 2.74 bits per heavy atom. The Labute approximate surface area is 233 Å². The summed E-state index contributed by atoms with van der Waals surface area (Å²) in [7, 11) is 0. The predicted octanol–water partition coefficient (Wildman–Crippen LogP) is 3.65. The number of pyridine rings is 1. The molecule has 3 fully saturated rings. The van der Waals surface area contributed by atoms with Crippen LogP contribution in [-0.2, 0) is 22.7 Å². The minimum atomic E-state index is -0.782. The van der Waals surface area contributed by atoms with E-state index < -0.39 is 16.2 Å². The number of Topliss-reactive ketones (excluding diaryl/α,β-unsaturated/α-hetero) is 1. The molecule has 9 nitrogen and oxygen atoms in total. The number of nitrogens with one attached hydrogen (secondary N) is 1. The van der Waals surface area contributed by atoms with E-state index in [1.807, 2.05) is 0 Å². The molecule has 1 aliphatic heterocycles. The van der Waals surface area contributed by atoms with Gasteiger partial charge in [-0.2, -0.15) is 5.10 Å². The number of likely N-dealkylation sites (tertiary alicyclic amines) is 1. The molecule has 0 spiro atoms. The third kappa shape index (κ3) is 5.07. The summed E-state index contributed by atoms with van der Waals surface area (Å²) in [5.41, 5.74) is 0.934. The van der Waals surface area contributed by atoms with E-state index in [0.29, 0.717) is 42.0 Å². The van der Waals surface area contributed by atoms with Crippen molar-refractivity contribution in [2.45, 2.75) is 55.8 Å². The summed E-state index contributed by atoms with van der Waals surface area (Å²) in [6.07, 6.45) is 3.61. The molecule has 2 amide bonds. The zero-order valence-electron chi connectivity index (χ0n) is 21.1. The number of hydrogen-bond donors (Lipinski definition) is 1. The fourth-order valence-electron chi connectivity index (χ4n) is 5.40. The maximum absolute atomic E-state index is 13.9. The number of carbonyl (C=O) groups excluding carboxylic acids is 3. The molecule has 1 aromatic carbocycles. The first kappa shape index (κ1) is 26.0. The molecule has 39 heavy (non-hydrogen) atoms. The van der Waals surface area contributed by atoms with Crippen molar-refractivity contribution < 1.29 is 23.5 Å². The van der Waals surface area contributed by atoms with E-state index in [2.05, 4.69) is 15.4 Å². The number of halogens is 3. The molecule has 3 heterocycles. The van der Waals surface area contributed by atoms with Gasteiger partial charge in [-0.25, -0.2) is 4.39 Å². The van der Waals surface area contributed by atoms with Crippen LogP contribution in [0.15, 0.2) is 36.5 Å². The van der Waals surface area contributed by atoms with Crippen molar-refractivity contribution in [3.63, 3.8) is 0 Å². The lowest BCUT2D eigenvalue weighted by Gasteiger charge is -2.27. The molecule has 0 bridgehead atoms. The molecule has 1 N–H and O–H groups in total. The second kappa shape index (κ2) is 9.75. The Balaban J connectivity index is 1.18. The van der Waals surface area contributed by atoms with Gasteiger partial charge in [0.2, 0.25) is 11.8 Å². The van der Waals surface area contributed by atoms with E-state index in [1.54, 1.807) is 23.1 Å². The van der Waals surface area contributed by atoms with Crippen LogP contribution in [-0.4, -0.2) is 60.2 Å². The topological polar surface area (TPSA) is 106 Å². The Morgan fingerprint density at radius 2 is 2.03 bits per heavy atom. The summed E-state index contributed by atoms with van der Waals surface area (Å²) in [5, 5.41) is 7.85. The fraction of sp³-hybridized carbons (Fsp3) is 0.444. The first-order chi connectivity index (χ1) is 18.6. The van der Waals surface area contributed by atoms with Crippen molar-refractivity contribution in [1.29, 1.82) is 0 Å². The van der Waals surface area contributed by atoms with Gasteiger partial charge in [-0.3, -0.25) is 24.0 Å². The molecular formula is C27H26Cl2FN5O4. The highest BCUT2D eigenvalue weighted by molar-refractivity contribution is 6.50. The Bertz CT molecular complexity index is 1490. The van der Waals surface area contributed by atoms with Crippen molar-refractivity contribution in [1.82, 2.24) is 25.0 Å². The van der Waals surface area contributed by atoms with Crippen molar-refractivity contribution in [3.8, 4) is 5.75 Å². The Morgan fingerprint density at radius 1 is 1.23 bits per heavy atom. The molecule has 2 aliphatic carbocycles. The second-order valence-corrected chi connectivity index (χ2v) is 12.0. The number of amides is 2. The molecule has 0 unspecified atom stereocenters. The highest BCUT2D eigenvalue weighted by atomic mass is 35.5. The lowest BCUT2D eigenvalue weighted by molar-refractivity contribution is -0.140. The van der Waals surface area contributed by atoms with Crippen LogP contribution in [0.25, 0.3) is 10.9 Å². The van der Waals surface area contributed by atoms with Crippen molar-refractivity contribution in [3.05, 3.63) is 53.7 Å². The maximum atomic E-state index is 13.9. The minimum absolute atomic E-state index is 0.0159. The van der Waals surface area contributed by atoms with Gasteiger partial charge >= 0.3 is 0 Å². The summed E-state index contributed by atoms with van der Waals surface area (Å²) in [6.45, 7) is 1.57. The standard InChI is InChI=1S/C27H26Cl2FN5O4/c1-14(36)25-18-9-17(39-13-20-19(30)3-2-6-31-20)4-5-21(18)34(33-25)12-24(37)35-22-7-15(22)8-23(35)26(38)32-11-16-10-27(16,28)29/h2-6,9,15-16,22-23H,7-8,10-13H2,1H3,(H,32,38)/t15-,16+,22-,23+/m1/s1. The molecule has 0 radical (unpaired) electrons. The van der Waals surface area contributed by atoms with Gasteiger partial charge in [-0.05, 0) is 55.5 Å². The van der Waals surface area contributed by atoms with Crippen LogP contribution in [0.5, 0.6) is 5.75 Å². The molecule has 2 aromatic heterocycles. The van der Waals surface area contributed by atoms with Crippen LogP contribution < -0.4 is 10.1 Å². The SMILES string of the molecule is CC(=O)c1nn(CC(=O)N2[C@@H]3C[C@@H]3C[C@H]2C(=O)NC[C@@H]2CC2(Cl)Cl)c2ccc(OCc3ncccc3F)cc12. The minimum Gasteiger partial charge on any atom is -0.487 e. The highest BCUT2D eigenvalue weighted by Crippen LogP contribution is 2.53. The van der Waals surface area contributed by atoms with Gasteiger partial charge in [0, 0.05) is 37.0 Å². The van der Waals surface area contributed by atoms with Gasteiger partial charge in [0.1, 0.15) is 46.5 Å². The van der Waals surface area contributed by atoms with E-state index in [0.717, 1.165) is 6.42 Å². The summed E-state index contributed by atoms with van der Waals surface area (Å²) in [5.74, 6) is -0.437. The molecule has 12 heteroatoms. The molecule has 3 aromatic rings. The fourth-order valence-corrected chi connectivity index (χ4v) is 5.92. The highest BCUT2D eigenvalue weighted by Gasteiger charge is 2.56. The van der Waals surface area contributed by atoms with Crippen LogP contribution in [0.4, 0.5) is 4.39 Å². The number of ketones is 1. The monoisotopic (exact) mass is 573 g/mol. The van der Waals surface area contributed by atoms with Crippen molar-refractivity contribution in [2.24, 2.45) is 11.8 Å². The average Bonchev–Trinajstić information content (AvgIpc) is 3.69. The van der Waals surface area contributed by atoms with Gasteiger partial charge in [0.25, 0.3) is 0 Å². The molecular weight excluding hydrogens is 548 g/mol. The number of rotatable bonds is 9. The van der Waals surface area contributed by atoms with Crippen LogP contribution >= 0.6 is 23.2 Å². The molecule has 2 saturated carbocycles. The van der Waals surface area contributed by atoms with E-state index >= 15 is 0 Å². The number of fused-ring (bicyclic) bond motifs is 2. The molecule has 4 atom stereocenters. The number of ether oxygens (including phenoxy) is 1. The summed E-state index contributed by atoms with van der Waals surface area (Å²) in [6, 6.07) is 7.32. The normalized spacial score (nSPS) is 24.4. The van der Waals surface area contributed by atoms with Gasteiger partial charge in [0.15, 0.2) is 5.78 Å². The Kier molecular flexibility index (Phi) is 6.50. The van der Waals surface area contributed by atoms with E-state index in [9.17, 15) is 18.8 Å². The van der Waals surface area contributed by atoms with Gasteiger partial charge in [-0.1, -0.05) is 0 Å². The summed E-state index contributed by atoms with van der Waals surface area (Å²) in [4.78, 5) is 44.5. The first-order valence-electron chi connectivity index (χ1n) is 12.8. The summed E-state index contributed by atoms with van der Waals surface area (Å²) < 4.78 is 20.3. The number of hydrogen-bond acceptors (Lipinski definition) is 6. The zero-order valence-corrected chi connectivity index (χ0v) is 22.6. The smallest absolute Gasteiger partial charge is 0.245 e. The summed E-state index contributed by atoms with van der Waals surface area (Å²) >= 11 is 12.1. The van der Waals surface area contributed by atoms with Crippen molar-refractivity contribution >= 4 is 51.7 Å². The van der Waals surface area contributed by atoms with E-state index in [-0.39, 0.29) is 54.1 Å². The van der Waals surface area contributed by atoms with Crippen LogP contribution in [0.3, 0.4) is 0 Å².